The Balaban J connectivity index is 2.13. The lowest BCUT2D eigenvalue weighted by molar-refractivity contribution is 0.0746. The molecule has 1 aliphatic rings. The van der Waals surface area contributed by atoms with Gasteiger partial charge < -0.3 is 4.74 Å². The van der Waals surface area contributed by atoms with E-state index >= 15 is 0 Å². The van der Waals surface area contributed by atoms with Crippen LogP contribution in [0.2, 0.25) is 0 Å². The molecule has 0 saturated carbocycles. The Kier molecular flexibility index (Phi) is 3.16. The van der Waals surface area contributed by atoms with Crippen molar-refractivity contribution in [1.29, 1.82) is 0 Å². The zero-order valence-electron chi connectivity index (χ0n) is 6.81. The van der Waals surface area contributed by atoms with Crippen molar-refractivity contribution in [2.45, 2.75) is 39.2 Å². The van der Waals surface area contributed by atoms with Crippen molar-refractivity contribution in [2.24, 2.45) is 0 Å². The van der Waals surface area contributed by atoms with Crippen molar-refractivity contribution >= 4 is 0 Å². The Labute approximate surface area is 63.0 Å². The van der Waals surface area contributed by atoms with E-state index in [2.05, 4.69) is 19.2 Å². The molecular weight excluding hydrogens is 126 g/mol. The SMILES string of the molecule is CC(C)N[C]1CCCCO1. The lowest BCUT2D eigenvalue weighted by Gasteiger charge is -2.23. The molecule has 1 N–H and O–H groups in total. The van der Waals surface area contributed by atoms with E-state index < -0.39 is 0 Å². The van der Waals surface area contributed by atoms with Crippen LogP contribution < -0.4 is 5.32 Å². The number of hydrogen-bond acceptors (Lipinski definition) is 2. The molecular formula is C8H16NO. The van der Waals surface area contributed by atoms with E-state index in [1.54, 1.807) is 0 Å². The van der Waals surface area contributed by atoms with E-state index in [-0.39, 0.29) is 0 Å². The van der Waals surface area contributed by atoms with E-state index in [9.17, 15) is 0 Å². The highest BCUT2D eigenvalue weighted by Gasteiger charge is 2.14. The van der Waals surface area contributed by atoms with Crippen LogP contribution >= 0.6 is 0 Å². The summed E-state index contributed by atoms with van der Waals surface area (Å²) < 4.78 is 5.39. The Morgan fingerprint density at radius 3 is 2.70 bits per heavy atom. The van der Waals surface area contributed by atoms with Crippen LogP contribution in [-0.2, 0) is 4.74 Å². The minimum Gasteiger partial charge on any atom is -0.356 e. The molecule has 0 aromatic rings. The molecule has 0 spiro atoms. The minimum atomic E-state index is 0.507. The van der Waals surface area contributed by atoms with E-state index in [0.29, 0.717) is 6.04 Å². The third kappa shape index (κ3) is 2.67. The molecule has 0 amide bonds. The van der Waals surface area contributed by atoms with Crippen molar-refractivity contribution in [1.82, 2.24) is 5.32 Å². The van der Waals surface area contributed by atoms with E-state index in [4.69, 9.17) is 4.74 Å². The second-order valence-electron chi connectivity index (χ2n) is 3.03. The zero-order chi connectivity index (χ0) is 7.40. The van der Waals surface area contributed by atoms with Crippen molar-refractivity contribution in [2.75, 3.05) is 6.61 Å². The molecule has 1 saturated heterocycles. The quantitative estimate of drug-likeness (QED) is 0.633. The molecule has 0 unspecified atom stereocenters. The predicted octanol–water partition coefficient (Wildman–Crippen LogP) is 1.67. The number of ether oxygens (including phenoxy) is 1. The van der Waals surface area contributed by atoms with E-state index in [1.165, 1.54) is 12.8 Å². The van der Waals surface area contributed by atoms with Gasteiger partial charge in [0.05, 0.1) is 0 Å². The summed E-state index contributed by atoms with van der Waals surface area (Å²) in [5.41, 5.74) is 0. The highest BCUT2D eigenvalue weighted by molar-refractivity contribution is 4.79. The lowest BCUT2D eigenvalue weighted by Crippen LogP contribution is -2.32. The Bertz CT molecular complexity index is 87.3. The van der Waals surface area contributed by atoms with Gasteiger partial charge in [-0.25, -0.2) is 0 Å². The third-order valence-corrected chi connectivity index (χ3v) is 1.52. The molecule has 0 bridgehead atoms. The highest BCUT2D eigenvalue weighted by Crippen LogP contribution is 2.16. The number of hydrogen-bond donors (Lipinski definition) is 1. The van der Waals surface area contributed by atoms with E-state index in [0.717, 1.165) is 19.3 Å². The summed E-state index contributed by atoms with van der Waals surface area (Å²) in [5.74, 6) is 0. The largest absolute Gasteiger partial charge is 0.356 e. The normalized spacial score (nSPS) is 21.9. The summed E-state index contributed by atoms with van der Waals surface area (Å²) in [6, 6.07) is 0.507. The summed E-state index contributed by atoms with van der Waals surface area (Å²) in [7, 11) is 0. The van der Waals surface area contributed by atoms with Gasteiger partial charge in [0, 0.05) is 12.6 Å². The summed E-state index contributed by atoms with van der Waals surface area (Å²) >= 11 is 0. The zero-order valence-corrected chi connectivity index (χ0v) is 6.81. The molecule has 2 nitrogen and oxygen atoms in total. The number of rotatable bonds is 2. The van der Waals surface area contributed by atoms with Gasteiger partial charge in [-0.2, -0.15) is 0 Å². The van der Waals surface area contributed by atoms with Gasteiger partial charge >= 0.3 is 0 Å². The van der Waals surface area contributed by atoms with Gasteiger partial charge in [0.15, 0.2) is 6.23 Å². The van der Waals surface area contributed by atoms with Crippen LogP contribution in [0.1, 0.15) is 33.1 Å². The molecule has 1 heterocycles. The molecule has 1 aliphatic heterocycles. The van der Waals surface area contributed by atoms with E-state index in [1.807, 2.05) is 0 Å². The van der Waals surface area contributed by atoms with Crippen LogP contribution in [0.5, 0.6) is 0 Å². The Hall–Kier alpha value is -0.0800. The lowest BCUT2D eigenvalue weighted by atomic mass is 10.2. The molecule has 10 heavy (non-hydrogen) atoms. The monoisotopic (exact) mass is 142 g/mol. The van der Waals surface area contributed by atoms with Gasteiger partial charge in [0.1, 0.15) is 0 Å². The molecule has 2 heteroatoms. The molecule has 0 aromatic heterocycles. The third-order valence-electron chi connectivity index (χ3n) is 1.52. The molecule has 59 valence electrons. The highest BCUT2D eigenvalue weighted by atomic mass is 16.5. The van der Waals surface area contributed by atoms with Crippen LogP contribution in [0.4, 0.5) is 0 Å². The summed E-state index contributed by atoms with van der Waals surface area (Å²) in [4.78, 5) is 0. The second-order valence-corrected chi connectivity index (χ2v) is 3.03. The fourth-order valence-electron chi connectivity index (χ4n) is 1.09. The van der Waals surface area contributed by atoms with Crippen molar-refractivity contribution in [3.05, 3.63) is 6.23 Å². The van der Waals surface area contributed by atoms with Crippen molar-refractivity contribution in [3.8, 4) is 0 Å². The number of nitrogens with one attached hydrogen (secondary N) is 1. The van der Waals surface area contributed by atoms with Crippen molar-refractivity contribution < 1.29 is 4.74 Å². The predicted molar refractivity (Wildman–Crippen MR) is 41.3 cm³/mol. The minimum absolute atomic E-state index is 0.507. The summed E-state index contributed by atoms with van der Waals surface area (Å²) in [6.45, 7) is 5.16. The molecule has 1 radical (unpaired) electrons. The average molecular weight is 142 g/mol. The van der Waals surface area contributed by atoms with Crippen LogP contribution in [0.3, 0.4) is 0 Å². The molecule has 1 fully saturated rings. The van der Waals surface area contributed by atoms with Gasteiger partial charge in [-0.1, -0.05) is 0 Å². The van der Waals surface area contributed by atoms with Gasteiger partial charge in [-0.05, 0) is 33.1 Å². The maximum atomic E-state index is 5.39. The maximum absolute atomic E-state index is 5.39. The molecule has 0 aromatic carbocycles. The Morgan fingerprint density at radius 1 is 1.40 bits per heavy atom. The molecule has 1 rings (SSSR count). The van der Waals surface area contributed by atoms with Gasteiger partial charge in [0.25, 0.3) is 0 Å². The molecule has 0 atom stereocenters. The van der Waals surface area contributed by atoms with Gasteiger partial charge in [-0.15, -0.1) is 0 Å². The van der Waals surface area contributed by atoms with Crippen LogP contribution in [0.15, 0.2) is 0 Å². The molecule has 0 aliphatic carbocycles. The van der Waals surface area contributed by atoms with Crippen molar-refractivity contribution in [3.63, 3.8) is 0 Å². The van der Waals surface area contributed by atoms with Gasteiger partial charge in [0.2, 0.25) is 0 Å². The first-order chi connectivity index (χ1) is 4.79. The average Bonchev–Trinajstić information content (AvgIpc) is 1.88. The fraction of sp³-hybridized carbons (Fsp3) is 0.875. The van der Waals surface area contributed by atoms with Crippen LogP contribution in [0.25, 0.3) is 0 Å². The fourth-order valence-corrected chi connectivity index (χ4v) is 1.09. The summed E-state index contributed by atoms with van der Waals surface area (Å²) in [5, 5.41) is 3.28. The topological polar surface area (TPSA) is 21.3 Å². The first-order valence-corrected chi connectivity index (χ1v) is 4.04. The smallest absolute Gasteiger partial charge is 0.162 e. The van der Waals surface area contributed by atoms with Gasteiger partial charge in [-0.3, -0.25) is 5.32 Å². The first kappa shape index (κ1) is 8.02. The standard InChI is InChI=1S/C8H16NO/c1-7(2)9-8-5-3-4-6-10-8/h7,9H,3-6H2,1-2H3. The van der Waals surface area contributed by atoms with Crippen LogP contribution in [-0.4, -0.2) is 12.6 Å². The summed E-state index contributed by atoms with van der Waals surface area (Å²) in [6.07, 6.45) is 4.66. The second kappa shape index (κ2) is 3.94. The van der Waals surface area contributed by atoms with Crippen LogP contribution in [0, 0.1) is 6.23 Å². The Morgan fingerprint density at radius 2 is 2.20 bits per heavy atom. The first-order valence-electron chi connectivity index (χ1n) is 4.04. The maximum Gasteiger partial charge on any atom is 0.162 e.